The molecule has 1 fully saturated rings. The van der Waals surface area contributed by atoms with Crippen LogP contribution in [0.15, 0.2) is 42.9 Å². The molecule has 2 amide bonds. The Morgan fingerprint density at radius 2 is 1.80 bits per heavy atom. The van der Waals surface area contributed by atoms with Gasteiger partial charge in [0.1, 0.15) is 0 Å². The molecule has 35 heavy (non-hydrogen) atoms. The van der Waals surface area contributed by atoms with Crippen molar-refractivity contribution >= 4 is 28.7 Å². The maximum Gasteiger partial charge on any atom is 0.419 e. The Kier molecular flexibility index (Phi) is 7.23. The molecule has 3 heterocycles. The second-order valence-electron chi connectivity index (χ2n) is 8.70. The van der Waals surface area contributed by atoms with Gasteiger partial charge in [-0.15, -0.1) is 0 Å². The number of unbranched alkanes of at least 4 members (excludes halogenated alkanes) is 1. The molecule has 2 aromatic heterocycles. The van der Waals surface area contributed by atoms with Crippen molar-refractivity contribution in [2.45, 2.75) is 50.9 Å². The summed E-state index contributed by atoms with van der Waals surface area (Å²) in [6, 6.07) is 7.37. The number of aryl methyl sites for hydroxylation is 1. The van der Waals surface area contributed by atoms with Crippen molar-refractivity contribution in [1.29, 1.82) is 0 Å². The number of primary amides is 1. The Bertz CT molecular complexity index is 1180. The SMILES string of the molecule is NC(=O)c1ccc2ccn(CCCCC(=O)NC3CCN(c4ncc(C(F)(F)F)cn4)CC3)c2c1. The van der Waals surface area contributed by atoms with Crippen molar-refractivity contribution in [2.24, 2.45) is 5.73 Å². The van der Waals surface area contributed by atoms with Gasteiger partial charge in [0.25, 0.3) is 0 Å². The monoisotopic (exact) mass is 488 g/mol. The molecule has 11 heteroatoms. The number of amides is 2. The summed E-state index contributed by atoms with van der Waals surface area (Å²) in [5, 5.41) is 4.08. The van der Waals surface area contributed by atoms with Crippen LogP contribution in [0, 0.1) is 0 Å². The number of rotatable bonds is 8. The van der Waals surface area contributed by atoms with Crippen LogP contribution >= 0.6 is 0 Å². The fourth-order valence-electron chi connectivity index (χ4n) is 4.25. The molecule has 186 valence electrons. The van der Waals surface area contributed by atoms with E-state index in [1.807, 2.05) is 23.2 Å². The van der Waals surface area contributed by atoms with Crippen LogP contribution in [0.5, 0.6) is 0 Å². The van der Waals surface area contributed by atoms with E-state index in [1.54, 1.807) is 12.1 Å². The lowest BCUT2D eigenvalue weighted by molar-refractivity contribution is -0.138. The van der Waals surface area contributed by atoms with Gasteiger partial charge in [0.15, 0.2) is 0 Å². The van der Waals surface area contributed by atoms with E-state index in [-0.39, 0.29) is 17.9 Å². The van der Waals surface area contributed by atoms with Gasteiger partial charge in [0.05, 0.1) is 5.56 Å². The fourth-order valence-corrected chi connectivity index (χ4v) is 4.25. The molecule has 0 aliphatic carbocycles. The van der Waals surface area contributed by atoms with Crippen LogP contribution < -0.4 is 16.0 Å². The first-order valence-corrected chi connectivity index (χ1v) is 11.5. The van der Waals surface area contributed by atoms with Crippen molar-refractivity contribution in [2.75, 3.05) is 18.0 Å². The van der Waals surface area contributed by atoms with Crippen LogP contribution in [-0.2, 0) is 17.5 Å². The van der Waals surface area contributed by atoms with Gasteiger partial charge in [-0.3, -0.25) is 9.59 Å². The van der Waals surface area contributed by atoms with Crippen LogP contribution in [0.4, 0.5) is 19.1 Å². The summed E-state index contributed by atoms with van der Waals surface area (Å²) < 4.78 is 40.1. The van der Waals surface area contributed by atoms with E-state index in [9.17, 15) is 22.8 Å². The first kappa shape index (κ1) is 24.5. The molecule has 3 aromatic rings. The standard InChI is InChI=1S/C24H27F3N6O2/c25-24(26,27)18-14-29-23(30-15-18)33-11-7-19(8-12-33)31-21(34)3-1-2-9-32-10-6-16-4-5-17(22(28)35)13-20(16)32/h4-6,10,13-15,19H,1-3,7-9,11-12H2,(H2,28,35)(H,31,34). The second-order valence-corrected chi connectivity index (χ2v) is 8.70. The summed E-state index contributed by atoms with van der Waals surface area (Å²) in [6.45, 7) is 1.85. The topological polar surface area (TPSA) is 106 Å². The predicted octanol–water partition coefficient (Wildman–Crippen LogP) is 3.50. The zero-order chi connectivity index (χ0) is 25.0. The molecular formula is C24H27F3N6O2. The highest BCUT2D eigenvalue weighted by Gasteiger charge is 2.32. The third-order valence-corrected chi connectivity index (χ3v) is 6.22. The molecule has 0 spiro atoms. The van der Waals surface area contributed by atoms with Crippen molar-refractivity contribution in [3.8, 4) is 0 Å². The number of carbonyl (C=O) groups is 2. The first-order valence-electron chi connectivity index (χ1n) is 11.5. The molecule has 1 aromatic carbocycles. The lowest BCUT2D eigenvalue weighted by Crippen LogP contribution is -2.45. The van der Waals surface area contributed by atoms with Gasteiger partial charge >= 0.3 is 6.18 Å². The number of fused-ring (bicyclic) bond motifs is 1. The molecule has 0 atom stereocenters. The number of nitrogens with one attached hydrogen (secondary N) is 1. The normalized spacial score (nSPS) is 14.9. The van der Waals surface area contributed by atoms with E-state index in [2.05, 4.69) is 19.9 Å². The molecule has 1 saturated heterocycles. The van der Waals surface area contributed by atoms with Gasteiger partial charge in [0, 0.05) is 61.8 Å². The maximum absolute atomic E-state index is 12.7. The molecule has 1 aliphatic heterocycles. The number of hydrogen-bond acceptors (Lipinski definition) is 5. The summed E-state index contributed by atoms with van der Waals surface area (Å²) in [6.07, 6.45) is 2.38. The van der Waals surface area contributed by atoms with Crippen LogP contribution in [-0.4, -0.2) is 45.5 Å². The number of nitrogens with zero attached hydrogens (tertiary/aromatic N) is 4. The maximum atomic E-state index is 12.7. The number of piperidine rings is 1. The molecular weight excluding hydrogens is 461 g/mol. The van der Waals surface area contributed by atoms with Crippen molar-refractivity contribution in [3.63, 3.8) is 0 Å². The minimum atomic E-state index is -4.46. The second kappa shape index (κ2) is 10.3. The summed E-state index contributed by atoms with van der Waals surface area (Å²) in [5.41, 5.74) is 5.91. The molecule has 0 saturated carbocycles. The Morgan fingerprint density at radius 1 is 1.09 bits per heavy atom. The quantitative estimate of drug-likeness (QED) is 0.472. The van der Waals surface area contributed by atoms with E-state index in [0.717, 1.165) is 42.7 Å². The van der Waals surface area contributed by atoms with Gasteiger partial charge in [-0.2, -0.15) is 13.2 Å². The van der Waals surface area contributed by atoms with E-state index < -0.39 is 17.6 Å². The zero-order valence-corrected chi connectivity index (χ0v) is 19.1. The zero-order valence-electron chi connectivity index (χ0n) is 19.1. The number of halogens is 3. The van der Waals surface area contributed by atoms with Crippen molar-refractivity contribution in [3.05, 3.63) is 54.0 Å². The van der Waals surface area contributed by atoms with Crippen LogP contribution in [0.1, 0.15) is 48.0 Å². The highest BCUT2D eigenvalue weighted by atomic mass is 19.4. The largest absolute Gasteiger partial charge is 0.419 e. The highest BCUT2D eigenvalue weighted by Crippen LogP contribution is 2.28. The number of benzene rings is 1. The average molecular weight is 489 g/mol. The number of aromatic nitrogens is 3. The van der Waals surface area contributed by atoms with Gasteiger partial charge in [0.2, 0.25) is 17.8 Å². The lowest BCUT2D eigenvalue weighted by Gasteiger charge is -2.32. The Hall–Kier alpha value is -3.63. The minimum absolute atomic E-state index is 0.0115. The Balaban J connectivity index is 1.18. The summed E-state index contributed by atoms with van der Waals surface area (Å²) in [7, 11) is 0. The summed E-state index contributed by atoms with van der Waals surface area (Å²) >= 11 is 0. The molecule has 3 N–H and O–H groups in total. The van der Waals surface area contributed by atoms with Crippen molar-refractivity contribution in [1.82, 2.24) is 19.9 Å². The third kappa shape index (κ3) is 6.09. The van der Waals surface area contributed by atoms with Gasteiger partial charge in [-0.05, 0) is 49.3 Å². The molecule has 0 radical (unpaired) electrons. The van der Waals surface area contributed by atoms with Crippen LogP contribution in [0.3, 0.4) is 0 Å². The summed E-state index contributed by atoms with van der Waals surface area (Å²) in [5.74, 6) is -0.208. The van der Waals surface area contributed by atoms with Crippen LogP contribution in [0.2, 0.25) is 0 Å². The molecule has 0 bridgehead atoms. The molecule has 0 unspecified atom stereocenters. The number of alkyl halides is 3. The number of anilines is 1. The van der Waals surface area contributed by atoms with Crippen molar-refractivity contribution < 1.29 is 22.8 Å². The Morgan fingerprint density at radius 3 is 2.46 bits per heavy atom. The van der Waals surface area contributed by atoms with E-state index in [1.165, 1.54) is 0 Å². The van der Waals surface area contributed by atoms with E-state index >= 15 is 0 Å². The third-order valence-electron chi connectivity index (χ3n) is 6.22. The van der Waals surface area contributed by atoms with Crippen LogP contribution in [0.25, 0.3) is 10.9 Å². The molecule has 8 nitrogen and oxygen atoms in total. The fraction of sp³-hybridized carbons (Fsp3) is 0.417. The smallest absolute Gasteiger partial charge is 0.366 e. The van der Waals surface area contributed by atoms with Gasteiger partial charge in [-0.1, -0.05) is 6.07 Å². The lowest BCUT2D eigenvalue weighted by atomic mass is 10.0. The van der Waals surface area contributed by atoms with Gasteiger partial charge in [-0.25, -0.2) is 9.97 Å². The van der Waals surface area contributed by atoms with Gasteiger partial charge < -0.3 is 20.5 Å². The van der Waals surface area contributed by atoms with E-state index in [4.69, 9.17) is 5.73 Å². The number of carbonyl (C=O) groups excluding carboxylic acids is 2. The predicted molar refractivity (Wildman–Crippen MR) is 125 cm³/mol. The number of nitrogens with two attached hydrogens (primary N) is 1. The number of hydrogen-bond donors (Lipinski definition) is 2. The minimum Gasteiger partial charge on any atom is -0.366 e. The summed E-state index contributed by atoms with van der Waals surface area (Å²) in [4.78, 5) is 33.3. The molecule has 1 aliphatic rings. The highest BCUT2D eigenvalue weighted by molar-refractivity contribution is 5.97. The Labute approximate surface area is 200 Å². The molecule has 4 rings (SSSR count). The average Bonchev–Trinajstić information content (AvgIpc) is 3.24. The van der Waals surface area contributed by atoms with E-state index in [0.29, 0.717) is 37.9 Å². The first-order chi connectivity index (χ1) is 16.7.